The van der Waals surface area contributed by atoms with Gasteiger partial charge in [0.2, 0.25) is 5.88 Å². The number of nitrogens with two attached hydrogens (primary N) is 1. The van der Waals surface area contributed by atoms with Crippen molar-refractivity contribution in [2.75, 3.05) is 24.3 Å². The van der Waals surface area contributed by atoms with E-state index in [1.165, 1.54) is 6.33 Å². The van der Waals surface area contributed by atoms with Crippen LogP contribution in [-0.2, 0) is 13.6 Å². The first-order valence-corrected chi connectivity index (χ1v) is 6.04. The molecule has 0 atom stereocenters. The first kappa shape index (κ1) is 13.1. The fraction of sp³-hybridized carbons (Fsp3) is 0.417. The van der Waals surface area contributed by atoms with E-state index in [2.05, 4.69) is 15.0 Å². The van der Waals surface area contributed by atoms with Crippen molar-refractivity contribution < 1.29 is 4.74 Å². The fourth-order valence-electron chi connectivity index (χ4n) is 1.76. The summed E-state index contributed by atoms with van der Waals surface area (Å²) in [5.41, 5.74) is 6.46. The van der Waals surface area contributed by atoms with Crippen molar-refractivity contribution in [1.82, 2.24) is 19.5 Å². The molecule has 7 nitrogen and oxygen atoms in total. The van der Waals surface area contributed by atoms with Crippen LogP contribution in [-0.4, -0.2) is 33.2 Å². The molecule has 19 heavy (non-hydrogen) atoms. The van der Waals surface area contributed by atoms with Crippen LogP contribution in [0.25, 0.3) is 0 Å². The molecule has 102 valence electrons. The van der Waals surface area contributed by atoms with E-state index in [4.69, 9.17) is 10.5 Å². The molecule has 0 bridgehead atoms. The molecule has 0 aliphatic heterocycles. The smallest absolute Gasteiger partial charge is 0.242 e. The second-order valence-corrected chi connectivity index (χ2v) is 4.16. The van der Waals surface area contributed by atoms with Crippen LogP contribution >= 0.6 is 0 Å². The third-order valence-corrected chi connectivity index (χ3v) is 2.77. The summed E-state index contributed by atoms with van der Waals surface area (Å²) < 4.78 is 7.32. The minimum atomic E-state index is 0.416. The van der Waals surface area contributed by atoms with Crippen molar-refractivity contribution in [3.63, 3.8) is 0 Å². The van der Waals surface area contributed by atoms with Crippen LogP contribution in [0.15, 0.2) is 18.7 Å². The normalized spacial score (nSPS) is 10.5. The summed E-state index contributed by atoms with van der Waals surface area (Å²) in [6.45, 7) is 3.01. The van der Waals surface area contributed by atoms with Crippen molar-refractivity contribution >= 4 is 11.5 Å². The van der Waals surface area contributed by atoms with E-state index in [0.29, 0.717) is 30.5 Å². The standard InChI is InChI=1S/C12H18N6O/c1-4-19-12-10(13)11(15-8-16-12)18(3)7-9-14-5-6-17(9)2/h5-6,8H,4,7,13H2,1-3H3. The maximum absolute atomic E-state index is 6.02. The van der Waals surface area contributed by atoms with Crippen LogP contribution in [0.1, 0.15) is 12.7 Å². The average molecular weight is 262 g/mol. The zero-order valence-corrected chi connectivity index (χ0v) is 11.4. The minimum absolute atomic E-state index is 0.416. The molecule has 0 aromatic carbocycles. The number of rotatable bonds is 5. The van der Waals surface area contributed by atoms with Gasteiger partial charge < -0.3 is 19.9 Å². The van der Waals surface area contributed by atoms with Gasteiger partial charge in [-0.1, -0.05) is 0 Å². The highest BCUT2D eigenvalue weighted by Crippen LogP contribution is 2.27. The highest BCUT2D eigenvalue weighted by Gasteiger charge is 2.14. The van der Waals surface area contributed by atoms with Crippen LogP contribution in [0.3, 0.4) is 0 Å². The fourth-order valence-corrected chi connectivity index (χ4v) is 1.76. The largest absolute Gasteiger partial charge is 0.476 e. The summed E-state index contributed by atoms with van der Waals surface area (Å²) in [6, 6.07) is 0. The SMILES string of the molecule is CCOc1ncnc(N(C)Cc2nccn2C)c1N. The summed E-state index contributed by atoms with van der Waals surface area (Å²) in [4.78, 5) is 14.4. The second kappa shape index (κ2) is 5.55. The highest BCUT2D eigenvalue weighted by atomic mass is 16.5. The lowest BCUT2D eigenvalue weighted by molar-refractivity contribution is 0.328. The molecule has 0 radical (unpaired) electrons. The van der Waals surface area contributed by atoms with E-state index in [1.54, 1.807) is 6.20 Å². The van der Waals surface area contributed by atoms with E-state index in [1.807, 2.05) is 36.7 Å². The molecule has 0 saturated heterocycles. The summed E-state index contributed by atoms with van der Waals surface area (Å²) >= 11 is 0. The van der Waals surface area contributed by atoms with Gasteiger partial charge in [-0.3, -0.25) is 0 Å². The Morgan fingerprint density at radius 1 is 1.37 bits per heavy atom. The number of nitrogen functional groups attached to an aromatic ring is 1. The number of hydrogen-bond donors (Lipinski definition) is 1. The molecule has 2 aromatic rings. The summed E-state index contributed by atoms with van der Waals surface area (Å²) in [7, 11) is 3.86. The summed E-state index contributed by atoms with van der Waals surface area (Å²) in [5, 5.41) is 0. The van der Waals surface area contributed by atoms with Gasteiger partial charge >= 0.3 is 0 Å². The number of aromatic nitrogens is 4. The number of nitrogens with zero attached hydrogens (tertiary/aromatic N) is 5. The van der Waals surface area contributed by atoms with Gasteiger partial charge in [0.15, 0.2) is 5.82 Å². The van der Waals surface area contributed by atoms with E-state index >= 15 is 0 Å². The quantitative estimate of drug-likeness (QED) is 0.859. The monoisotopic (exact) mass is 262 g/mol. The van der Waals surface area contributed by atoms with Crippen LogP contribution in [0.4, 0.5) is 11.5 Å². The topological polar surface area (TPSA) is 82.1 Å². The Hall–Kier alpha value is -2.31. The van der Waals surface area contributed by atoms with Crippen LogP contribution in [0.5, 0.6) is 5.88 Å². The molecule has 2 heterocycles. The summed E-state index contributed by atoms with van der Waals surface area (Å²) in [5.74, 6) is 1.99. The Labute approximate surface area is 112 Å². The molecule has 0 amide bonds. The van der Waals surface area contributed by atoms with Crippen LogP contribution in [0, 0.1) is 0 Å². The number of ether oxygens (including phenoxy) is 1. The average Bonchev–Trinajstić information content (AvgIpc) is 2.78. The van der Waals surface area contributed by atoms with Gasteiger partial charge in [-0.05, 0) is 6.92 Å². The first-order valence-electron chi connectivity index (χ1n) is 6.04. The van der Waals surface area contributed by atoms with Gasteiger partial charge in [0.05, 0.1) is 13.2 Å². The van der Waals surface area contributed by atoms with Crippen LogP contribution < -0.4 is 15.4 Å². The van der Waals surface area contributed by atoms with E-state index < -0.39 is 0 Å². The maximum Gasteiger partial charge on any atom is 0.242 e. The number of aryl methyl sites for hydroxylation is 1. The Morgan fingerprint density at radius 3 is 2.79 bits per heavy atom. The van der Waals surface area contributed by atoms with Crippen molar-refractivity contribution in [3.8, 4) is 5.88 Å². The van der Waals surface area contributed by atoms with E-state index in [-0.39, 0.29) is 0 Å². The van der Waals surface area contributed by atoms with E-state index in [0.717, 1.165) is 5.82 Å². The number of anilines is 2. The Bertz CT molecular complexity index is 553. The molecule has 0 aliphatic carbocycles. The molecule has 7 heteroatoms. The highest BCUT2D eigenvalue weighted by molar-refractivity contribution is 5.67. The molecule has 2 aromatic heterocycles. The predicted molar refractivity (Wildman–Crippen MR) is 72.9 cm³/mol. The van der Waals surface area contributed by atoms with Gasteiger partial charge in [-0.2, -0.15) is 4.98 Å². The van der Waals surface area contributed by atoms with Gasteiger partial charge in [-0.25, -0.2) is 9.97 Å². The van der Waals surface area contributed by atoms with Crippen molar-refractivity contribution in [1.29, 1.82) is 0 Å². The molecule has 0 saturated carbocycles. The minimum Gasteiger partial charge on any atom is -0.476 e. The third-order valence-electron chi connectivity index (χ3n) is 2.77. The van der Waals surface area contributed by atoms with Gasteiger partial charge in [0.1, 0.15) is 17.8 Å². The molecule has 0 aliphatic rings. The van der Waals surface area contributed by atoms with E-state index in [9.17, 15) is 0 Å². The first-order chi connectivity index (χ1) is 9.13. The second-order valence-electron chi connectivity index (χ2n) is 4.16. The molecule has 0 unspecified atom stereocenters. The zero-order valence-electron chi connectivity index (χ0n) is 11.4. The zero-order chi connectivity index (χ0) is 13.8. The number of imidazole rings is 1. The maximum atomic E-state index is 6.02. The Balaban J connectivity index is 2.21. The molecule has 0 spiro atoms. The van der Waals surface area contributed by atoms with Crippen molar-refractivity contribution in [2.45, 2.75) is 13.5 Å². The van der Waals surface area contributed by atoms with Gasteiger partial charge in [0.25, 0.3) is 0 Å². The summed E-state index contributed by atoms with van der Waals surface area (Å²) in [6.07, 6.45) is 5.11. The lowest BCUT2D eigenvalue weighted by Crippen LogP contribution is -2.21. The molecule has 2 N–H and O–H groups in total. The Morgan fingerprint density at radius 2 is 2.16 bits per heavy atom. The lowest BCUT2D eigenvalue weighted by Gasteiger charge is -2.20. The van der Waals surface area contributed by atoms with Crippen LogP contribution in [0.2, 0.25) is 0 Å². The molecule has 2 rings (SSSR count). The third kappa shape index (κ3) is 2.75. The lowest BCUT2D eigenvalue weighted by atomic mass is 10.4. The molecule has 0 fully saturated rings. The van der Waals surface area contributed by atoms with Crippen molar-refractivity contribution in [3.05, 3.63) is 24.5 Å². The molecular weight excluding hydrogens is 244 g/mol. The molecular formula is C12H18N6O. The Kier molecular flexibility index (Phi) is 3.84. The predicted octanol–water partition coefficient (Wildman–Crippen LogP) is 0.827. The number of hydrogen-bond acceptors (Lipinski definition) is 6. The van der Waals surface area contributed by atoms with Gasteiger partial charge in [-0.15, -0.1) is 0 Å². The van der Waals surface area contributed by atoms with Crippen molar-refractivity contribution in [2.24, 2.45) is 7.05 Å². The van der Waals surface area contributed by atoms with Gasteiger partial charge in [0, 0.05) is 26.5 Å².